The number of amides is 1. The predicted octanol–water partition coefficient (Wildman–Crippen LogP) is 0.269. The number of carboxylic acid groups (broad SMARTS) is 1. The van der Waals surface area contributed by atoms with Crippen LogP contribution in [0.3, 0.4) is 0 Å². The third kappa shape index (κ3) is 2.80. The minimum Gasteiger partial charge on any atom is -0.478 e. The average molecular weight is 244 g/mol. The molecule has 0 spiro atoms. The van der Waals surface area contributed by atoms with Crippen molar-refractivity contribution in [3.05, 3.63) is 29.6 Å². The van der Waals surface area contributed by atoms with Crippen molar-refractivity contribution in [2.24, 2.45) is 0 Å². The van der Waals surface area contributed by atoms with Crippen LogP contribution in [0, 0.1) is 22.7 Å². The van der Waals surface area contributed by atoms with Crippen molar-refractivity contribution in [2.45, 2.75) is 0 Å². The molecule has 0 saturated heterocycles. The molecule has 90 valence electrons. The largest absolute Gasteiger partial charge is 0.478 e. The van der Waals surface area contributed by atoms with Crippen LogP contribution in [0.2, 0.25) is 0 Å². The lowest BCUT2D eigenvalue weighted by atomic mass is 10.1. The van der Waals surface area contributed by atoms with E-state index in [1.165, 1.54) is 12.3 Å². The van der Waals surface area contributed by atoms with Gasteiger partial charge < -0.3 is 10.0 Å². The maximum atomic E-state index is 12.0. The quantitative estimate of drug-likeness (QED) is 0.759. The second kappa shape index (κ2) is 5.97. The lowest BCUT2D eigenvalue weighted by Gasteiger charge is -2.16. The van der Waals surface area contributed by atoms with Gasteiger partial charge in [-0.15, -0.1) is 0 Å². The Morgan fingerprint density at radius 3 is 2.39 bits per heavy atom. The second-order valence-corrected chi connectivity index (χ2v) is 3.20. The number of carbonyl (C=O) groups excluding carboxylic acids is 1. The third-order valence-corrected chi connectivity index (χ3v) is 2.09. The van der Waals surface area contributed by atoms with Crippen LogP contribution in [0.5, 0.6) is 0 Å². The highest BCUT2D eigenvalue weighted by Gasteiger charge is 2.21. The number of hydrogen-bond acceptors (Lipinski definition) is 5. The minimum atomic E-state index is -1.29. The van der Waals surface area contributed by atoms with Gasteiger partial charge in [-0.25, -0.2) is 4.79 Å². The Morgan fingerprint density at radius 1 is 1.28 bits per heavy atom. The molecule has 7 heteroatoms. The smallest absolute Gasteiger partial charge is 0.338 e. The van der Waals surface area contributed by atoms with Gasteiger partial charge in [-0.3, -0.25) is 9.78 Å². The molecular weight excluding hydrogens is 236 g/mol. The maximum absolute atomic E-state index is 12.0. The number of hydrogen-bond donors (Lipinski definition) is 1. The summed E-state index contributed by atoms with van der Waals surface area (Å²) in [6, 6.07) is 4.73. The minimum absolute atomic E-state index is 0.0944. The molecule has 0 aliphatic carbocycles. The number of carbonyl (C=O) groups is 2. The fourth-order valence-electron chi connectivity index (χ4n) is 1.29. The van der Waals surface area contributed by atoms with E-state index < -0.39 is 11.9 Å². The number of nitriles is 2. The van der Waals surface area contributed by atoms with E-state index in [2.05, 4.69) is 4.98 Å². The highest BCUT2D eigenvalue weighted by Crippen LogP contribution is 2.10. The molecule has 1 heterocycles. The molecule has 1 N–H and O–H groups in total. The van der Waals surface area contributed by atoms with E-state index in [-0.39, 0.29) is 24.2 Å². The van der Waals surface area contributed by atoms with Crippen LogP contribution < -0.4 is 0 Å². The maximum Gasteiger partial charge on any atom is 0.338 e. The highest BCUT2D eigenvalue weighted by molar-refractivity contribution is 6.04. The van der Waals surface area contributed by atoms with Gasteiger partial charge in [-0.05, 0) is 6.07 Å². The fourth-order valence-corrected chi connectivity index (χ4v) is 1.29. The molecule has 0 saturated carbocycles. The van der Waals surface area contributed by atoms with Gasteiger partial charge in [-0.2, -0.15) is 10.5 Å². The molecule has 0 aliphatic rings. The van der Waals surface area contributed by atoms with E-state index in [0.717, 1.165) is 11.1 Å². The van der Waals surface area contributed by atoms with Crippen LogP contribution in [0.1, 0.15) is 20.7 Å². The van der Waals surface area contributed by atoms with Gasteiger partial charge >= 0.3 is 5.97 Å². The van der Waals surface area contributed by atoms with Crippen molar-refractivity contribution in [1.82, 2.24) is 9.88 Å². The molecule has 0 atom stereocenters. The molecule has 0 radical (unpaired) electrons. The first-order chi connectivity index (χ1) is 8.61. The van der Waals surface area contributed by atoms with Gasteiger partial charge in [0.05, 0.1) is 23.3 Å². The molecule has 1 aromatic heterocycles. The van der Waals surface area contributed by atoms with Gasteiger partial charge in [0.15, 0.2) is 0 Å². The molecule has 1 aromatic rings. The van der Waals surface area contributed by atoms with E-state index in [9.17, 15) is 9.59 Å². The average Bonchev–Trinajstić information content (AvgIpc) is 2.37. The first-order valence-corrected chi connectivity index (χ1v) is 4.82. The monoisotopic (exact) mass is 244 g/mol. The number of nitrogens with zero attached hydrogens (tertiary/aromatic N) is 4. The zero-order valence-electron chi connectivity index (χ0n) is 9.20. The Morgan fingerprint density at radius 2 is 1.89 bits per heavy atom. The molecule has 7 nitrogen and oxygen atoms in total. The summed E-state index contributed by atoms with van der Waals surface area (Å²) < 4.78 is 0. The SMILES string of the molecule is N#CCN(CC#N)C(=O)c1ccncc1C(=O)O. The van der Waals surface area contributed by atoms with Crippen LogP contribution in [0.15, 0.2) is 18.5 Å². The Kier molecular flexibility index (Phi) is 4.35. The number of rotatable bonds is 4. The molecular formula is C11H8N4O3. The molecule has 0 bridgehead atoms. The van der Waals surface area contributed by atoms with Crippen LogP contribution in [0.4, 0.5) is 0 Å². The normalized spacial score (nSPS) is 9.00. The van der Waals surface area contributed by atoms with Crippen LogP contribution in [-0.2, 0) is 0 Å². The van der Waals surface area contributed by atoms with Crippen molar-refractivity contribution in [3.63, 3.8) is 0 Å². The first kappa shape index (κ1) is 13.1. The van der Waals surface area contributed by atoms with Crippen molar-refractivity contribution in [3.8, 4) is 12.1 Å². The van der Waals surface area contributed by atoms with Crippen LogP contribution in [-0.4, -0.2) is 40.0 Å². The summed E-state index contributed by atoms with van der Waals surface area (Å²) in [7, 11) is 0. The highest BCUT2D eigenvalue weighted by atomic mass is 16.4. The van der Waals surface area contributed by atoms with Gasteiger partial charge in [0.1, 0.15) is 13.1 Å². The van der Waals surface area contributed by atoms with Crippen molar-refractivity contribution < 1.29 is 14.7 Å². The van der Waals surface area contributed by atoms with E-state index >= 15 is 0 Å². The number of aromatic nitrogens is 1. The molecule has 0 aliphatic heterocycles. The molecule has 1 rings (SSSR count). The fraction of sp³-hybridized carbons (Fsp3) is 0.182. The van der Waals surface area contributed by atoms with E-state index in [1.54, 1.807) is 12.1 Å². The van der Waals surface area contributed by atoms with E-state index in [4.69, 9.17) is 15.6 Å². The standard InChI is InChI=1S/C11H8N4O3/c12-2-5-15(6-3-13)10(16)8-1-4-14-7-9(8)11(17)18/h1,4,7H,5-6H2,(H,17,18). The lowest BCUT2D eigenvalue weighted by Crippen LogP contribution is -2.33. The van der Waals surface area contributed by atoms with Crippen molar-refractivity contribution in [2.75, 3.05) is 13.1 Å². The summed E-state index contributed by atoms with van der Waals surface area (Å²) in [5.74, 6) is -1.97. The van der Waals surface area contributed by atoms with Crippen molar-refractivity contribution in [1.29, 1.82) is 10.5 Å². The molecule has 0 aromatic carbocycles. The lowest BCUT2D eigenvalue weighted by molar-refractivity contribution is 0.0681. The summed E-state index contributed by atoms with van der Waals surface area (Å²) in [6.07, 6.45) is 2.32. The van der Waals surface area contributed by atoms with Gasteiger partial charge in [0.25, 0.3) is 5.91 Å². The van der Waals surface area contributed by atoms with E-state index in [1.807, 2.05) is 0 Å². The second-order valence-electron chi connectivity index (χ2n) is 3.20. The Hall–Kier alpha value is -2.93. The van der Waals surface area contributed by atoms with Crippen LogP contribution in [0.25, 0.3) is 0 Å². The predicted molar refractivity (Wildman–Crippen MR) is 58.3 cm³/mol. The summed E-state index contributed by atoms with van der Waals surface area (Å²) >= 11 is 0. The third-order valence-electron chi connectivity index (χ3n) is 2.09. The molecule has 1 amide bonds. The zero-order valence-corrected chi connectivity index (χ0v) is 9.20. The summed E-state index contributed by atoms with van der Waals surface area (Å²) in [4.78, 5) is 27.5. The summed E-state index contributed by atoms with van der Waals surface area (Å²) in [5.41, 5.74) is -0.355. The Bertz CT molecular complexity index is 540. The Balaban J connectivity index is 3.14. The number of pyridine rings is 1. The van der Waals surface area contributed by atoms with Gasteiger partial charge in [0, 0.05) is 12.4 Å². The zero-order chi connectivity index (χ0) is 13.5. The molecule has 0 fully saturated rings. The molecule has 18 heavy (non-hydrogen) atoms. The van der Waals surface area contributed by atoms with Crippen molar-refractivity contribution >= 4 is 11.9 Å². The molecule has 0 unspecified atom stereocenters. The van der Waals surface area contributed by atoms with Gasteiger partial charge in [-0.1, -0.05) is 0 Å². The van der Waals surface area contributed by atoms with E-state index in [0.29, 0.717) is 0 Å². The Labute approximate surface area is 103 Å². The van der Waals surface area contributed by atoms with Crippen LogP contribution >= 0.6 is 0 Å². The topological polar surface area (TPSA) is 118 Å². The van der Waals surface area contributed by atoms with Gasteiger partial charge in [0.2, 0.25) is 0 Å². The summed E-state index contributed by atoms with van der Waals surface area (Å²) in [6.45, 7) is -0.568. The number of aromatic carboxylic acids is 1. The summed E-state index contributed by atoms with van der Waals surface area (Å²) in [5, 5.41) is 26.0. The number of carboxylic acids is 1. The first-order valence-electron chi connectivity index (χ1n) is 4.82.